The molecule has 0 aliphatic heterocycles. The van der Waals surface area contributed by atoms with Crippen LogP contribution in [0.5, 0.6) is 0 Å². The smallest absolute Gasteiger partial charge is 0.409 e. The maximum absolute atomic E-state index is 12.7. The molecule has 0 rings (SSSR count). The van der Waals surface area contributed by atoms with E-state index in [4.69, 9.17) is 5.11 Å². The number of ether oxygens (including phenoxy) is 1. The van der Waals surface area contributed by atoms with Crippen LogP contribution in [0, 0.1) is 5.41 Å². The van der Waals surface area contributed by atoms with E-state index in [0.717, 1.165) is 13.8 Å². The van der Waals surface area contributed by atoms with Gasteiger partial charge in [-0.1, -0.05) is 12.7 Å². The van der Waals surface area contributed by atoms with Crippen LogP contribution < -0.4 is 5.32 Å². The summed E-state index contributed by atoms with van der Waals surface area (Å²) < 4.78 is 42.4. The van der Waals surface area contributed by atoms with Gasteiger partial charge in [0.1, 0.15) is 12.6 Å². The van der Waals surface area contributed by atoms with Crippen molar-refractivity contribution in [2.75, 3.05) is 6.61 Å². The molecule has 5 nitrogen and oxygen atoms in total. The van der Waals surface area contributed by atoms with Crippen LogP contribution in [-0.2, 0) is 9.53 Å². The van der Waals surface area contributed by atoms with Crippen LogP contribution in [-0.4, -0.2) is 36.0 Å². The van der Waals surface area contributed by atoms with E-state index in [1.54, 1.807) is 0 Å². The van der Waals surface area contributed by atoms with E-state index < -0.39 is 29.7 Å². The molecule has 0 saturated heterocycles. The summed E-state index contributed by atoms with van der Waals surface area (Å²) in [6.45, 7) is 4.67. The fraction of sp³-hybridized carbons (Fsp3) is 0.600. The van der Waals surface area contributed by atoms with E-state index in [1.165, 1.54) is 11.4 Å². The molecule has 0 radical (unpaired) electrons. The lowest BCUT2D eigenvalue weighted by Crippen LogP contribution is -2.57. The zero-order chi connectivity index (χ0) is 14.6. The lowest BCUT2D eigenvalue weighted by Gasteiger charge is -2.32. The number of alkyl halides is 3. The predicted molar refractivity (Wildman–Crippen MR) is 55.9 cm³/mol. The summed E-state index contributed by atoms with van der Waals surface area (Å²) in [6.07, 6.45) is -5.09. The van der Waals surface area contributed by atoms with Crippen LogP contribution in [0.4, 0.5) is 18.0 Å². The molecule has 0 unspecified atom stereocenters. The molecule has 0 aromatic carbocycles. The van der Waals surface area contributed by atoms with Gasteiger partial charge in [-0.2, -0.15) is 13.2 Å². The average Bonchev–Trinajstić information content (AvgIpc) is 2.20. The highest BCUT2D eigenvalue weighted by molar-refractivity contribution is 5.76. The Morgan fingerprint density at radius 1 is 1.44 bits per heavy atom. The zero-order valence-corrected chi connectivity index (χ0v) is 9.87. The third-order valence-corrected chi connectivity index (χ3v) is 2.19. The minimum Gasteiger partial charge on any atom is -0.481 e. The highest BCUT2D eigenvalue weighted by Crippen LogP contribution is 2.34. The van der Waals surface area contributed by atoms with E-state index in [2.05, 4.69) is 11.3 Å². The number of nitrogens with one attached hydrogen (secondary N) is 1. The second-order valence-electron chi connectivity index (χ2n) is 4.03. The predicted octanol–water partition coefficient (Wildman–Crippen LogP) is 1.94. The SMILES string of the molecule is C=CCOC(=O)N[C@@H](C(F)(F)F)C(C)(C)C(=O)O. The Kier molecular flexibility index (Phi) is 5.19. The summed E-state index contributed by atoms with van der Waals surface area (Å²) in [4.78, 5) is 21.9. The second-order valence-corrected chi connectivity index (χ2v) is 4.03. The average molecular weight is 269 g/mol. The largest absolute Gasteiger partial charge is 0.481 e. The molecular weight excluding hydrogens is 255 g/mol. The molecule has 1 atom stereocenters. The van der Waals surface area contributed by atoms with Gasteiger partial charge in [0.15, 0.2) is 0 Å². The van der Waals surface area contributed by atoms with Crippen molar-refractivity contribution in [3.63, 3.8) is 0 Å². The molecule has 1 amide bonds. The minimum absolute atomic E-state index is 0.274. The Balaban J connectivity index is 4.99. The Morgan fingerprint density at radius 3 is 2.28 bits per heavy atom. The van der Waals surface area contributed by atoms with Crippen LogP contribution in [0.15, 0.2) is 12.7 Å². The molecular formula is C10H14F3NO4. The second kappa shape index (κ2) is 5.74. The van der Waals surface area contributed by atoms with E-state index in [-0.39, 0.29) is 6.61 Å². The lowest BCUT2D eigenvalue weighted by molar-refractivity contribution is -0.190. The van der Waals surface area contributed by atoms with Gasteiger partial charge in [-0.05, 0) is 13.8 Å². The first kappa shape index (κ1) is 16.3. The maximum Gasteiger partial charge on any atom is 0.409 e. The molecule has 0 aliphatic carbocycles. The number of hydrogen-bond acceptors (Lipinski definition) is 3. The summed E-state index contributed by atoms with van der Waals surface area (Å²) in [6, 6.07) is -2.56. The first-order chi connectivity index (χ1) is 8.03. The highest BCUT2D eigenvalue weighted by atomic mass is 19.4. The highest BCUT2D eigenvalue weighted by Gasteiger charge is 2.53. The molecule has 8 heteroatoms. The standard InChI is InChI=1S/C10H14F3NO4/c1-4-5-18-8(17)14-6(10(11,12)13)9(2,3)7(15)16/h4,6H,1,5H2,2-3H3,(H,14,17)(H,15,16)/t6-/m1/s1. The number of carbonyl (C=O) groups excluding carboxylic acids is 1. The molecule has 104 valence electrons. The van der Waals surface area contributed by atoms with E-state index in [1.807, 2.05) is 0 Å². The molecule has 2 N–H and O–H groups in total. The van der Waals surface area contributed by atoms with Crippen LogP contribution in [0.1, 0.15) is 13.8 Å². The minimum atomic E-state index is -4.91. The van der Waals surface area contributed by atoms with Crippen molar-refractivity contribution in [1.29, 1.82) is 0 Å². The number of carboxylic acids is 1. The number of carbonyl (C=O) groups is 2. The normalized spacial score (nSPS) is 13.6. The van der Waals surface area contributed by atoms with Crippen molar-refractivity contribution in [2.45, 2.75) is 26.1 Å². The zero-order valence-electron chi connectivity index (χ0n) is 9.87. The number of hydrogen-bond donors (Lipinski definition) is 2. The van der Waals surface area contributed by atoms with Gasteiger partial charge in [0.25, 0.3) is 0 Å². The van der Waals surface area contributed by atoms with Gasteiger partial charge in [0, 0.05) is 0 Å². The van der Waals surface area contributed by atoms with Gasteiger partial charge in [-0.15, -0.1) is 0 Å². The number of amides is 1. The maximum atomic E-state index is 12.7. The van der Waals surface area contributed by atoms with E-state index >= 15 is 0 Å². The molecule has 0 spiro atoms. The quantitative estimate of drug-likeness (QED) is 0.748. The number of aliphatic carboxylic acids is 1. The van der Waals surface area contributed by atoms with Crippen LogP contribution in [0.2, 0.25) is 0 Å². The Labute approximate surface area is 102 Å². The Bertz CT molecular complexity index is 339. The lowest BCUT2D eigenvalue weighted by atomic mass is 9.84. The summed E-state index contributed by atoms with van der Waals surface area (Å²) in [5, 5.41) is 10.3. The topological polar surface area (TPSA) is 75.6 Å². The Hall–Kier alpha value is -1.73. The van der Waals surface area contributed by atoms with Crippen molar-refractivity contribution in [2.24, 2.45) is 5.41 Å². The van der Waals surface area contributed by atoms with Gasteiger partial charge in [-0.3, -0.25) is 4.79 Å². The van der Waals surface area contributed by atoms with Gasteiger partial charge in [0.2, 0.25) is 0 Å². The molecule has 0 aromatic rings. The van der Waals surface area contributed by atoms with Crippen molar-refractivity contribution >= 4 is 12.1 Å². The summed E-state index contributed by atoms with van der Waals surface area (Å²) >= 11 is 0. The molecule has 0 aliphatic rings. The molecule has 0 heterocycles. The van der Waals surface area contributed by atoms with Crippen molar-refractivity contribution in [3.8, 4) is 0 Å². The fourth-order valence-electron chi connectivity index (χ4n) is 1.09. The van der Waals surface area contributed by atoms with E-state index in [9.17, 15) is 22.8 Å². The molecule has 0 fully saturated rings. The third-order valence-electron chi connectivity index (χ3n) is 2.19. The van der Waals surface area contributed by atoms with Crippen LogP contribution in [0.3, 0.4) is 0 Å². The summed E-state index contributed by atoms with van der Waals surface area (Å²) in [5.74, 6) is -1.69. The summed E-state index contributed by atoms with van der Waals surface area (Å²) in [5.41, 5.74) is -2.22. The van der Waals surface area contributed by atoms with Crippen LogP contribution >= 0.6 is 0 Å². The Morgan fingerprint density at radius 2 is 1.94 bits per heavy atom. The first-order valence-corrected chi connectivity index (χ1v) is 4.87. The molecule has 0 aromatic heterocycles. The van der Waals surface area contributed by atoms with Crippen molar-refractivity contribution in [3.05, 3.63) is 12.7 Å². The first-order valence-electron chi connectivity index (χ1n) is 4.87. The number of carboxylic acid groups (broad SMARTS) is 1. The number of alkyl carbamates (subject to hydrolysis) is 1. The van der Waals surface area contributed by atoms with Crippen LogP contribution in [0.25, 0.3) is 0 Å². The third kappa shape index (κ3) is 4.27. The van der Waals surface area contributed by atoms with E-state index in [0.29, 0.717) is 0 Å². The van der Waals surface area contributed by atoms with Crippen molar-refractivity contribution in [1.82, 2.24) is 5.32 Å². The molecule has 18 heavy (non-hydrogen) atoms. The van der Waals surface area contributed by atoms with Gasteiger partial charge in [-0.25, -0.2) is 4.79 Å². The number of halogens is 3. The van der Waals surface area contributed by atoms with Gasteiger partial charge >= 0.3 is 18.2 Å². The fourth-order valence-corrected chi connectivity index (χ4v) is 1.09. The molecule has 0 bridgehead atoms. The monoisotopic (exact) mass is 269 g/mol. The molecule has 0 saturated carbocycles. The van der Waals surface area contributed by atoms with Gasteiger partial charge in [0.05, 0.1) is 5.41 Å². The number of rotatable bonds is 5. The van der Waals surface area contributed by atoms with Crippen molar-refractivity contribution < 1.29 is 32.6 Å². The van der Waals surface area contributed by atoms with Gasteiger partial charge < -0.3 is 15.2 Å². The summed E-state index contributed by atoms with van der Waals surface area (Å²) in [7, 11) is 0.